The lowest BCUT2D eigenvalue weighted by Crippen LogP contribution is -2.07. The van der Waals surface area contributed by atoms with Crippen LogP contribution >= 0.6 is 23.4 Å². The Kier molecular flexibility index (Phi) is 6.78. The van der Waals surface area contributed by atoms with E-state index in [-0.39, 0.29) is 5.95 Å². The third-order valence-electron chi connectivity index (χ3n) is 3.78. The summed E-state index contributed by atoms with van der Waals surface area (Å²) < 4.78 is 10.7. The van der Waals surface area contributed by atoms with E-state index in [1.54, 1.807) is 32.0 Å². The fourth-order valence-electron chi connectivity index (χ4n) is 2.54. The Morgan fingerprint density at radius 3 is 2.57 bits per heavy atom. The zero-order valence-corrected chi connectivity index (χ0v) is 17.0. The number of nitrogen functional groups attached to an aromatic ring is 1. The van der Waals surface area contributed by atoms with E-state index in [4.69, 9.17) is 26.8 Å². The van der Waals surface area contributed by atoms with Gasteiger partial charge in [-0.3, -0.25) is 0 Å². The van der Waals surface area contributed by atoms with E-state index < -0.39 is 0 Å². The highest BCUT2D eigenvalue weighted by Crippen LogP contribution is 2.28. The molecule has 0 saturated carbocycles. The molecule has 2 aromatic carbocycles. The van der Waals surface area contributed by atoms with Gasteiger partial charge >= 0.3 is 0 Å². The Labute approximate surface area is 172 Å². The summed E-state index contributed by atoms with van der Waals surface area (Å²) in [4.78, 5) is 12.8. The molecule has 0 aliphatic heterocycles. The van der Waals surface area contributed by atoms with Gasteiger partial charge in [0, 0.05) is 16.3 Å². The average molecular weight is 418 g/mol. The minimum absolute atomic E-state index is 0.156. The van der Waals surface area contributed by atoms with E-state index in [9.17, 15) is 0 Å². The molecule has 0 spiro atoms. The lowest BCUT2D eigenvalue weighted by Gasteiger charge is -2.11. The van der Waals surface area contributed by atoms with E-state index in [2.05, 4.69) is 20.3 Å². The number of nitrogens with one attached hydrogen (secondary N) is 1. The van der Waals surface area contributed by atoms with E-state index in [0.29, 0.717) is 34.1 Å². The number of para-hydroxylation sites is 2. The van der Waals surface area contributed by atoms with Crippen molar-refractivity contribution in [1.29, 1.82) is 0 Å². The minimum atomic E-state index is 0.156. The summed E-state index contributed by atoms with van der Waals surface area (Å²) in [6, 6.07) is 13.1. The van der Waals surface area contributed by atoms with Crippen molar-refractivity contribution in [3.05, 3.63) is 58.9 Å². The maximum atomic E-state index is 6.08. The van der Waals surface area contributed by atoms with E-state index >= 15 is 0 Å². The summed E-state index contributed by atoms with van der Waals surface area (Å²) in [6.07, 6.45) is 0. The third kappa shape index (κ3) is 5.17. The zero-order valence-electron chi connectivity index (χ0n) is 15.5. The lowest BCUT2D eigenvalue weighted by molar-refractivity contribution is 0.411. The van der Waals surface area contributed by atoms with Crippen LogP contribution in [0.1, 0.15) is 11.4 Å². The van der Waals surface area contributed by atoms with Gasteiger partial charge in [0.2, 0.25) is 11.9 Å². The van der Waals surface area contributed by atoms with Crippen LogP contribution in [0.25, 0.3) is 0 Å². The summed E-state index contributed by atoms with van der Waals surface area (Å²) in [5.74, 6) is 3.84. The highest BCUT2D eigenvalue weighted by atomic mass is 35.5. The second-order valence-corrected chi connectivity index (χ2v) is 7.13. The summed E-state index contributed by atoms with van der Waals surface area (Å²) in [7, 11) is 3.24. The number of nitrogens with two attached hydrogens (primary N) is 1. The first-order valence-corrected chi connectivity index (χ1v) is 9.93. The molecule has 3 aromatic rings. The Hall–Kier alpha value is -2.71. The number of nitrogens with zero attached hydrogens (tertiary/aromatic N) is 3. The quantitative estimate of drug-likeness (QED) is 0.560. The Morgan fingerprint density at radius 2 is 1.79 bits per heavy atom. The molecule has 0 amide bonds. The second-order valence-electron chi connectivity index (χ2n) is 5.71. The summed E-state index contributed by atoms with van der Waals surface area (Å²) in [5, 5.41) is 3.80. The molecule has 9 heteroatoms. The number of halogens is 1. The number of benzene rings is 2. The van der Waals surface area contributed by atoms with Gasteiger partial charge < -0.3 is 20.5 Å². The van der Waals surface area contributed by atoms with Crippen molar-refractivity contribution >= 4 is 40.9 Å². The van der Waals surface area contributed by atoms with Crippen LogP contribution in [0.3, 0.4) is 0 Å². The third-order valence-corrected chi connectivity index (χ3v) is 5.00. The van der Waals surface area contributed by atoms with Crippen LogP contribution in [0.5, 0.6) is 11.5 Å². The zero-order chi connectivity index (χ0) is 19.9. The molecule has 0 saturated heterocycles. The van der Waals surface area contributed by atoms with E-state index in [0.717, 1.165) is 17.0 Å². The Morgan fingerprint density at radius 1 is 1.00 bits per heavy atom. The predicted molar refractivity (Wildman–Crippen MR) is 114 cm³/mol. The predicted octanol–water partition coefficient (Wildman–Crippen LogP) is 4.30. The van der Waals surface area contributed by atoms with Crippen molar-refractivity contribution in [2.45, 2.75) is 11.5 Å². The molecule has 1 aromatic heterocycles. The summed E-state index contributed by atoms with van der Waals surface area (Å²) in [5.41, 5.74) is 7.61. The summed E-state index contributed by atoms with van der Waals surface area (Å²) >= 11 is 7.71. The van der Waals surface area contributed by atoms with Gasteiger partial charge in [0.15, 0.2) is 0 Å². The van der Waals surface area contributed by atoms with Crippen LogP contribution in [-0.2, 0) is 11.5 Å². The number of anilines is 3. The molecular weight excluding hydrogens is 398 g/mol. The first-order chi connectivity index (χ1) is 13.6. The minimum Gasteiger partial charge on any atom is -0.496 e. The van der Waals surface area contributed by atoms with Crippen LogP contribution in [0.4, 0.5) is 17.6 Å². The molecule has 3 N–H and O–H groups in total. The standard InChI is InChI=1S/C19H20ClN5O2S/c1-26-15-8-7-13(20)9-12(15)10-28-11-17-23-18(21)25-19(24-17)22-14-5-3-4-6-16(14)27-2/h3-9H,10-11H2,1-2H3,(H3,21,22,23,24,25). The van der Waals surface area contributed by atoms with Gasteiger partial charge in [-0.05, 0) is 30.3 Å². The molecule has 3 rings (SSSR count). The normalized spacial score (nSPS) is 10.5. The molecule has 146 valence electrons. The highest BCUT2D eigenvalue weighted by Gasteiger charge is 2.09. The van der Waals surface area contributed by atoms with E-state index in [1.807, 2.05) is 36.4 Å². The Balaban J connectivity index is 1.69. The van der Waals surface area contributed by atoms with Gasteiger partial charge in [-0.15, -0.1) is 11.8 Å². The maximum absolute atomic E-state index is 6.08. The van der Waals surface area contributed by atoms with Crippen molar-refractivity contribution < 1.29 is 9.47 Å². The fraction of sp³-hybridized carbons (Fsp3) is 0.211. The molecule has 7 nitrogen and oxygen atoms in total. The number of rotatable bonds is 8. The monoisotopic (exact) mass is 417 g/mol. The van der Waals surface area contributed by atoms with Gasteiger partial charge in [0.25, 0.3) is 0 Å². The number of aromatic nitrogens is 3. The van der Waals surface area contributed by atoms with Crippen molar-refractivity contribution in [3.63, 3.8) is 0 Å². The largest absolute Gasteiger partial charge is 0.496 e. The first kappa shape index (κ1) is 20.0. The number of thioether (sulfide) groups is 1. The van der Waals surface area contributed by atoms with Gasteiger partial charge in [0.05, 0.1) is 25.7 Å². The fourth-order valence-corrected chi connectivity index (χ4v) is 3.59. The van der Waals surface area contributed by atoms with Crippen molar-refractivity contribution in [2.75, 3.05) is 25.3 Å². The smallest absolute Gasteiger partial charge is 0.232 e. The maximum Gasteiger partial charge on any atom is 0.232 e. The molecule has 0 unspecified atom stereocenters. The van der Waals surface area contributed by atoms with Gasteiger partial charge in [0.1, 0.15) is 17.3 Å². The highest BCUT2D eigenvalue weighted by molar-refractivity contribution is 7.97. The van der Waals surface area contributed by atoms with Crippen LogP contribution in [0, 0.1) is 0 Å². The molecule has 0 atom stereocenters. The van der Waals surface area contributed by atoms with E-state index in [1.165, 1.54) is 0 Å². The molecule has 0 aliphatic rings. The molecule has 0 radical (unpaired) electrons. The number of hydrogen-bond donors (Lipinski definition) is 2. The van der Waals surface area contributed by atoms with Crippen LogP contribution in [0.15, 0.2) is 42.5 Å². The first-order valence-electron chi connectivity index (χ1n) is 8.39. The number of hydrogen-bond acceptors (Lipinski definition) is 8. The van der Waals surface area contributed by atoms with Gasteiger partial charge in [-0.1, -0.05) is 23.7 Å². The second kappa shape index (κ2) is 9.48. The molecular formula is C19H20ClN5O2S. The molecule has 28 heavy (non-hydrogen) atoms. The van der Waals surface area contributed by atoms with Crippen LogP contribution < -0.4 is 20.5 Å². The Bertz CT molecular complexity index is 957. The topological polar surface area (TPSA) is 95.2 Å². The van der Waals surface area contributed by atoms with Crippen molar-refractivity contribution in [1.82, 2.24) is 15.0 Å². The molecule has 0 fully saturated rings. The van der Waals surface area contributed by atoms with Crippen LogP contribution in [0.2, 0.25) is 5.02 Å². The molecule has 0 bridgehead atoms. The lowest BCUT2D eigenvalue weighted by atomic mass is 10.2. The van der Waals surface area contributed by atoms with Crippen molar-refractivity contribution in [2.24, 2.45) is 0 Å². The van der Waals surface area contributed by atoms with Gasteiger partial charge in [-0.2, -0.15) is 15.0 Å². The summed E-state index contributed by atoms with van der Waals surface area (Å²) in [6.45, 7) is 0. The van der Waals surface area contributed by atoms with Crippen LogP contribution in [-0.4, -0.2) is 29.2 Å². The molecule has 1 heterocycles. The van der Waals surface area contributed by atoms with Gasteiger partial charge in [-0.25, -0.2) is 0 Å². The SMILES string of the molecule is COc1ccc(Cl)cc1CSCc1nc(N)nc(Nc2ccccc2OC)n1. The number of ether oxygens (including phenoxy) is 2. The molecule has 0 aliphatic carbocycles. The average Bonchev–Trinajstić information content (AvgIpc) is 2.68. The number of methoxy groups -OCH3 is 2. The van der Waals surface area contributed by atoms with Crippen molar-refractivity contribution in [3.8, 4) is 11.5 Å².